The van der Waals surface area contributed by atoms with Gasteiger partial charge in [0, 0.05) is 23.7 Å². The summed E-state index contributed by atoms with van der Waals surface area (Å²) in [7, 11) is 1.44. The zero-order chi connectivity index (χ0) is 29.2. The maximum absolute atomic E-state index is 13.1. The molecule has 0 aliphatic rings. The zero-order valence-corrected chi connectivity index (χ0v) is 22.1. The number of hydrogen-bond acceptors (Lipinski definition) is 6. The Hall–Kier alpha value is -4.85. The van der Waals surface area contributed by atoms with Crippen LogP contribution in [-0.2, 0) is 0 Å². The van der Waals surface area contributed by atoms with Gasteiger partial charge < -0.3 is 19.8 Å². The number of pyridine rings is 1. The third kappa shape index (κ3) is 6.07. The SMILES string of the molecule is CNC(=O)c1c(-c2ccc(C)cc2)oc2nc(OCC(F)(F)F)c(-c3cccc(C(=O)NC(C)(C)C#N)c3)cc12. The van der Waals surface area contributed by atoms with Gasteiger partial charge in [-0.1, -0.05) is 42.0 Å². The Morgan fingerprint density at radius 1 is 1.05 bits per heavy atom. The largest absolute Gasteiger partial charge is 0.467 e. The van der Waals surface area contributed by atoms with Crippen LogP contribution in [0.4, 0.5) is 13.2 Å². The predicted octanol–water partition coefficient (Wildman–Crippen LogP) is 5.80. The number of ether oxygens (including phenoxy) is 1. The monoisotopic (exact) mass is 550 g/mol. The number of fused-ring (bicyclic) bond motifs is 1. The van der Waals surface area contributed by atoms with Crippen LogP contribution in [0.1, 0.15) is 40.1 Å². The lowest BCUT2D eigenvalue weighted by Crippen LogP contribution is -2.42. The van der Waals surface area contributed by atoms with Gasteiger partial charge in [0.15, 0.2) is 6.61 Å². The number of hydrogen-bond donors (Lipinski definition) is 2. The van der Waals surface area contributed by atoms with Crippen molar-refractivity contribution in [3.63, 3.8) is 0 Å². The summed E-state index contributed by atoms with van der Waals surface area (Å²) in [5, 5.41) is 14.6. The topological polar surface area (TPSA) is 117 Å². The minimum atomic E-state index is -4.65. The number of nitriles is 1. The molecule has 0 atom stereocenters. The molecule has 2 N–H and O–H groups in total. The quantitative estimate of drug-likeness (QED) is 0.300. The molecule has 2 amide bonds. The van der Waals surface area contributed by atoms with Crippen molar-refractivity contribution in [3.8, 4) is 34.4 Å². The standard InChI is InChI=1S/C29H25F3N4O4/c1-16-8-10-17(11-9-16)23-22(25(38)34-4)21-13-20(26(35-27(21)40-23)39-15-29(30,31)32)18-6-5-7-19(12-18)24(37)36-28(2,3)14-33/h5-13H,15H2,1-4H3,(H,34,38)(H,36,37). The van der Waals surface area contributed by atoms with Crippen LogP contribution < -0.4 is 15.4 Å². The minimum Gasteiger partial charge on any atom is -0.467 e. The van der Waals surface area contributed by atoms with Gasteiger partial charge in [-0.05, 0) is 44.5 Å². The molecule has 4 rings (SSSR count). The van der Waals surface area contributed by atoms with E-state index >= 15 is 0 Å². The van der Waals surface area contributed by atoms with Gasteiger partial charge in [0.2, 0.25) is 11.6 Å². The Labute approximate surface area is 227 Å². The van der Waals surface area contributed by atoms with Gasteiger partial charge in [-0.25, -0.2) is 0 Å². The summed E-state index contributed by atoms with van der Waals surface area (Å²) in [5.41, 5.74) is 0.998. The molecule has 0 saturated heterocycles. The summed E-state index contributed by atoms with van der Waals surface area (Å²) in [4.78, 5) is 30.0. The normalized spacial score (nSPS) is 11.7. The van der Waals surface area contributed by atoms with Gasteiger partial charge in [-0.2, -0.15) is 23.4 Å². The molecule has 0 fully saturated rings. The number of carbonyl (C=O) groups excluding carboxylic acids is 2. The number of aromatic nitrogens is 1. The van der Waals surface area contributed by atoms with E-state index < -0.39 is 36.0 Å². The molecule has 2 aromatic carbocycles. The predicted molar refractivity (Wildman–Crippen MR) is 142 cm³/mol. The van der Waals surface area contributed by atoms with E-state index in [9.17, 15) is 28.0 Å². The van der Waals surface area contributed by atoms with Crippen molar-refractivity contribution in [2.24, 2.45) is 0 Å². The van der Waals surface area contributed by atoms with Crippen LogP contribution in [0.25, 0.3) is 33.6 Å². The summed E-state index contributed by atoms with van der Waals surface area (Å²) < 4.78 is 50.3. The van der Waals surface area contributed by atoms with Crippen molar-refractivity contribution in [2.75, 3.05) is 13.7 Å². The average Bonchev–Trinajstić information content (AvgIpc) is 3.29. The molecular weight excluding hydrogens is 525 g/mol. The van der Waals surface area contributed by atoms with E-state index in [0.29, 0.717) is 11.1 Å². The molecule has 0 aliphatic heterocycles. The molecule has 40 heavy (non-hydrogen) atoms. The van der Waals surface area contributed by atoms with E-state index in [1.54, 1.807) is 18.2 Å². The smallest absolute Gasteiger partial charge is 0.422 e. The van der Waals surface area contributed by atoms with Crippen LogP contribution in [-0.4, -0.2) is 42.2 Å². The number of furan rings is 1. The zero-order valence-electron chi connectivity index (χ0n) is 22.1. The summed E-state index contributed by atoms with van der Waals surface area (Å²) in [5.74, 6) is -1.26. The van der Waals surface area contributed by atoms with Gasteiger partial charge in [-0.15, -0.1) is 0 Å². The van der Waals surface area contributed by atoms with Gasteiger partial charge in [0.25, 0.3) is 11.8 Å². The Morgan fingerprint density at radius 2 is 1.75 bits per heavy atom. The second kappa shape index (κ2) is 10.7. The number of nitrogens with zero attached hydrogens (tertiary/aromatic N) is 2. The Balaban J connectivity index is 1.92. The fraction of sp³-hybridized carbons (Fsp3) is 0.241. The van der Waals surface area contributed by atoms with Crippen molar-refractivity contribution < 1.29 is 31.9 Å². The van der Waals surface area contributed by atoms with Gasteiger partial charge in [-0.3, -0.25) is 9.59 Å². The number of nitrogens with one attached hydrogen (secondary N) is 2. The van der Waals surface area contributed by atoms with E-state index in [0.717, 1.165) is 5.56 Å². The van der Waals surface area contributed by atoms with Crippen LogP contribution in [0.3, 0.4) is 0 Å². The molecule has 11 heteroatoms. The van der Waals surface area contributed by atoms with E-state index in [1.165, 1.54) is 45.2 Å². The summed E-state index contributed by atoms with van der Waals surface area (Å²) >= 11 is 0. The number of aryl methyl sites for hydroxylation is 1. The molecule has 0 unspecified atom stereocenters. The Kier molecular flexibility index (Phi) is 7.55. The summed E-state index contributed by atoms with van der Waals surface area (Å²) in [6, 6.07) is 16.6. The van der Waals surface area contributed by atoms with E-state index in [2.05, 4.69) is 15.6 Å². The number of halogens is 3. The molecule has 2 aromatic heterocycles. The van der Waals surface area contributed by atoms with E-state index in [1.807, 2.05) is 25.1 Å². The van der Waals surface area contributed by atoms with Gasteiger partial charge in [0.05, 0.1) is 17.0 Å². The van der Waals surface area contributed by atoms with Crippen LogP contribution in [0.15, 0.2) is 59.0 Å². The van der Waals surface area contributed by atoms with E-state index in [-0.39, 0.29) is 33.6 Å². The second-order valence-corrected chi connectivity index (χ2v) is 9.62. The molecule has 0 radical (unpaired) electrons. The number of carbonyl (C=O) groups is 2. The van der Waals surface area contributed by atoms with Gasteiger partial charge in [0.1, 0.15) is 11.3 Å². The lowest BCUT2D eigenvalue weighted by Gasteiger charge is -2.18. The van der Waals surface area contributed by atoms with Crippen molar-refractivity contribution >= 4 is 22.9 Å². The van der Waals surface area contributed by atoms with Gasteiger partial charge >= 0.3 is 6.18 Å². The van der Waals surface area contributed by atoms with Crippen molar-refractivity contribution in [1.82, 2.24) is 15.6 Å². The minimum absolute atomic E-state index is 0.0974. The molecule has 4 aromatic rings. The first kappa shape index (κ1) is 28.2. The second-order valence-electron chi connectivity index (χ2n) is 9.62. The number of rotatable bonds is 7. The first-order valence-corrected chi connectivity index (χ1v) is 12.1. The first-order valence-electron chi connectivity index (χ1n) is 12.1. The number of alkyl halides is 3. The van der Waals surface area contributed by atoms with Crippen molar-refractivity contribution in [1.29, 1.82) is 5.26 Å². The van der Waals surface area contributed by atoms with Crippen molar-refractivity contribution in [3.05, 3.63) is 71.3 Å². The first-order chi connectivity index (χ1) is 18.8. The molecule has 0 spiro atoms. The molecule has 0 aliphatic carbocycles. The molecule has 0 saturated carbocycles. The number of benzene rings is 2. The Morgan fingerprint density at radius 3 is 2.38 bits per heavy atom. The molecular formula is C29H25F3N4O4. The number of amides is 2. The highest BCUT2D eigenvalue weighted by Gasteiger charge is 2.31. The summed E-state index contributed by atoms with van der Waals surface area (Å²) in [6.07, 6.45) is -4.65. The molecule has 2 heterocycles. The molecule has 0 bridgehead atoms. The average molecular weight is 551 g/mol. The molecule has 8 nitrogen and oxygen atoms in total. The van der Waals surface area contributed by atoms with Crippen molar-refractivity contribution in [2.45, 2.75) is 32.5 Å². The van der Waals surface area contributed by atoms with E-state index in [4.69, 9.17) is 9.15 Å². The van der Waals surface area contributed by atoms with Crippen LogP contribution >= 0.6 is 0 Å². The maximum Gasteiger partial charge on any atom is 0.422 e. The third-order valence-electron chi connectivity index (χ3n) is 5.93. The highest BCUT2D eigenvalue weighted by atomic mass is 19.4. The highest BCUT2D eigenvalue weighted by Crippen LogP contribution is 2.39. The lowest BCUT2D eigenvalue weighted by atomic mass is 9.99. The van der Waals surface area contributed by atoms with Crippen LogP contribution in [0, 0.1) is 18.3 Å². The van der Waals surface area contributed by atoms with Crippen LogP contribution in [0.2, 0.25) is 0 Å². The fourth-order valence-corrected chi connectivity index (χ4v) is 3.94. The fourth-order valence-electron chi connectivity index (χ4n) is 3.94. The van der Waals surface area contributed by atoms with Crippen LogP contribution in [0.5, 0.6) is 5.88 Å². The summed E-state index contributed by atoms with van der Waals surface area (Å²) in [6.45, 7) is 3.33. The Bertz CT molecular complexity index is 1630. The third-order valence-corrected chi connectivity index (χ3v) is 5.93. The maximum atomic E-state index is 13.1. The highest BCUT2D eigenvalue weighted by molar-refractivity contribution is 6.11. The lowest BCUT2D eigenvalue weighted by molar-refractivity contribution is -0.154. The molecule has 206 valence electrons.